The van der Waals surface area contributed by atoms with E-state index in [0.717, 1.165) is 11.1 Å². The minimum atomic E-state index is -1.05. The Kier molecular flexibility index (Phi) is 10.9. The molecule has 2 rings (SSSR count). The fourth-order valence-electron chi connectivity index (χ4n) is 2.51. The zero-order valence-electron chi connectivity index (χ0n) is 16.7. The van der Waals surface area contributed by atoms with Gasteiger partial charge >= 0.3 is 5.97 Å². The molecule has 2 aromatic rings. The number of rotatable bonds is 10. The number of esters is 1. The lowest BCUT2D eigenvalue weighted by molar-refractivity contribution is -0.152. The molecule has 5 heteroatoms. The molecule has 28 heavy (non-hydrogen) atoms. The minimum Gasteiger partial charge on any atom is -0.489 e. The number of ketones is 1. The summed E-state index contributed by atoms with van der Waals surface area (Å²) in [6.45, 7) is 6.26. The molecule has 0 aromatic heterocycles. The monoisotopic (exact) mass is 384 g/mol. The van der Waals surface area contributed by atoms with Crippen LogP contribution in [0.1, 0.15) is 38.3 Å². The molecule has 5 nitrogen and oxygen atoms in total. The summed E-state index contributed by atoms with van der Waals surface area (Å²) >= 11 is 0. The SMILES string of the molecule is CC.CCOC(=O)C(CC=O)C(=O)Cc1cccc(OCc2ccccc2)c1. The van der Waals surface area contributed by atoms with E-state index in [2.05, 4.69) is 0 Å². The fourth-order valence-corrected chi connectivity index (χ4v) is 2.51. The van der Waals surface area contributed by atoms with Crippen LogP contribution >= 0.6 is 0 Å². The van der Waals surface area contributed by atoms with Crippen molar-refractivity contribution in [2.45, 2.75) is 40.2 Å². The molecule has 1 atom stereocenters. The van der Waals surface area contributed by atoms with Crippen LogP contribution in [0.15, 0.2) is 54.6 Å². The summed E-state index contributed by atoms with van der Waals surface area (Å²) < 4.78 is 10.6. The molecule has 0 N–H and O–H groups in total. The molecule has 0 amide bonds. The summed E-state index contributed by atoms with van der Waals surface area (Å²) in [5.74, 6) is -1.40. The van der Waals surface area contributed by atoms with Crippen LogP contribution in [-0.2, 0) is 32.1 Å². The largest absolute Gasteiger partial charge is 0.489 e. The molecule has 0 spiro atoms. The van der Waals surface area contributed by atoms with Gasteiger partial charge in [0.2, 0.25) is 0 Å². The van der Waals surface area contributed by atoms with E-state index in [4.69, 9.17) is 9.47 Å². The lowest BCUT2D eigenvalue weighted by Gasteiger charge is -2.12. The van der Waals surface area contributed by atoms with Gasteiger partial charge in [-0.3, -0.25) is 9.59 Å². The van der Waals surface area contributed by atoms with Gasteiger partial charge in [0.25, 0.3) is 0 Å². The third kappa shape index (κ3) is 7.74. The summed E-state index contributed by atoms with van der Waals surface area (Å²) in [4.78, 5) is 35.0. The van der Waals surface area contributed by atoms with Gasteiger partial charge in [0.15, 0.2) is 5.78 Å². The van der Waals surface area contributed by atoms with Gasteiger partial charge < -0.3 is 14.3 Å². The molecule has 0 aliphatic carbocycles. The Morgan fingerprint density at radius 2 is 1.68 bits per heavy atom. The third-order valence-electron chi connectivity index (χ3n) is 3.82. The van der Waals surface area contributed by atoms with Crippen molar-refractivity contribution in [1.29, 1.82) is 0 Å². The molecule has 0 aliphatic rings. The van der Waals surface area contributed by atoms with Gasteiger partial charge in [-0.25, -0.2) is 0 Å². The van der Waals surface area contributed by atoms with E-state index >= 15 is 0 Å². The molecule has 150 valence electrons. The van der Waals surface area contributed by atoms with Crippen LogP contribution in [0.25, 0.3) is 0 Å². The summed E-state index contributed by atoms with van der Waals surface area (Å²) in [6.07, 6.45) is 0.445. The third-order valence-corrected chi connectivity index (χ3v) is 3.82. The number of carbonyl (C=O) groups is 3. The van der Waals surface area contributed by atoms with Crippen molar-refractivity contribution < 1.29 is 23.9 Å². The van der Waals surface area contributed by atoms with Crippen LogP contribution in [0.3, 0.4) is 0 Å². The zero-order valence-corrected chi connectivity index (χ0v) is 16.7. The number of benzene rings is 2. The lowest BCUT2D eigenvalue weighted by Crippen LogP contribution is -2.28. The van der Waals surface area contributed by atoms with Crippen LogP contribution in [-0.4, -0.2) is 24.6 Å². The van der Waals surface area contributed by atoms with Gasteiger partial charge in [0.1, 0.15) is 24.6 Å². The lowest BCUT2D eigenvalue weighted by atomic mass is 9.95. The van der Waals surface area contributed by atoms with Gasteiger partial charge in [0, 0.05) is 12.8 Å². The standard InChI is InChI=1S/C21H22O5.C2H6/c1-2-25-21(24)19(11-12-22)20(23)14-17-9-6-10-18(13-17)26-15-16-7-4-3-5-8-16;1-2/h3-10,12-13,19H,2,11,14-15H2,1H3;1-2H3. The van der Waals surface area contributed by atoms with Gasteiger partial charge in [-0.05, 0) is 30.2 Å². The van der Waals surface area contributed by atoms with Crippen molar-refractivity contribution in [2.75, 3.05) is 6.61 Å². The Morgan fingerprint density at radius 3 is 2.32 bits per heavy atom. The van der Waals surface area contributed by atoms with Crippen molar-refractivity contribution in [2.24, 2.45) is 5.92 Å². The Labute approximate surface area is 166 Å². The molecule has 0 heterocycles. The number of carbonyl (C=O) groups excluding carboxylic acids is 3. The van der Waals surface area contributed by atoms with Gasteiger partial charge in [0.05, 0.1) is 6.61 Å². The van der Waals surface area contributed by atoms with Crippen LogP contribution in [0.5, 0.6) is 5.75 Å². The maximum absolute atomic E-state index is 12.4. The summed E-state index contributed by atoms with van der Waals surface area (Å²) in [7, 11) is 0. The summed E-state index contributed by atoms with van der Waals surface area (Å²) in [6, 6.07) is 16.9. The second kappa shape index (κ2) is 13.3. The first-order chi connectivity index (χ1) is 13.6. The highest BCUT2D eigenvalue weighted by Crippen LogP contribution is 2.18. The summed E-state index contributed by atoms with van der Waals surface area (Å²) in [5.41, 5.74) is 1.77. The van der Waals surface area contributed by atoms with E-state index in [0.29, 0.717) is 18.6 Å². The molecule has 0 bridgehead atoms. The van der Waals surface area contributed by atoms with Crippen molar-refractivity contribution in [3.8, 4) is 5.75 Å². The molecular weight excluding hydrogens is 356 g/mol. The molecule has 0 saturated carbocycles. The molecule has 0 aliphatic heterocycles. The predicted molar refractivity (Wildman–Crippen MR) is 108 cm³/mol. The number of Topliss-reactive ketones (excluding diaryl/α,β-unsaturated/α-hetero) is 1. The number of aldehydes is 1. The topological polar surface area (TPSA) is 69.7 Å². The molecule has 0 fully saturated rings. The van der Waals surface area contributed by atoms with E-state index in [1.165, 1.54) is 0 Å². The maximum Gasteiger partial charge on any atom is 0.316 e. The minimum absolute atomic E-state index is 0.0415. The normalized spacial score (nSPS) is 10.8. The molecular formula is C23H28O5. The number of hydrogen-bond acceptors (Lipinski definition) is 5. The van der Waals surface area contributed by atoms with Crippen molar-refractivity contribution in [3.05, 3.63) is 65.7 Å². The predicted octanol–water partition coefficient (Wildman–Crippen LogP) is 4.17. The van der Waals surface area contributed by atoms with E-state index < -0.39 is 11.9 Å². The maximum atomic E-state index is 12.4. The molecule has 0 saturated heterocycles. The Balaban J connectivity index is 0.00000190. The highest BCUT2D eigenvalue weighted by Gasteiger charge is 2.27. The first-order valence-electron chi connectivity index (χ1n) is 9.52. The molecule has 2 aromatic carbocycles. The zero-order chi connectivity index (χ0) is 20.8. The van der Waals surface area contributed by atoms with E-state index in [9.17, 15) is 14.4 Å². The first kappa shape index (κ1) is 23.1. The van der Waals surface area contributed by atoms with Crippen molar-refractivity contribution in [1.82, 2.24) is 0 Å². The van der Waals surface area contributed by atoms with E-state index in [-0.39, 0.29) is 25.2 Å². The van der Waals surface area contributed by atoms with Crippen LogP contribution in [0.2, 0.25) is 0 Å². The van der Waals surface area contributed by atoms with Crippen molar-refractivity contribution >= 4 is 18.0 Å². The van der Waals surface area contributed by atoms with Crippen molar-refractivity contribution in [3.63, 3.8) is 0 Å². The fraction of sp³-hybridized carbons (Fsp3) is 0.348. The van der Waals surface area contributed by atoms with Crippen LogP contribution in [0.4, 0.5) is 0 Å². The van der Waals surface area contributed by atoms with E-state index in [1.807, 2.05) is 50.2 Å². The Morgan fingerprint density at radius 1 is 1.00 bits per heavy atom. The molecule has 1 unspecified atom stereocenters. The average Bonchev–Trinajstić information content (AvgIpc) is 2.73. The highest BCUT2D eigenvalue weighted by molar-refractivity contribution is 6.01. The number of ether oxygens (including phenoxy) is 2. The smallest absolute Gasteiger partial charge is 0.316 e. The van der Waals surface area contributed by atoms with E-state index in [1.54, 1.807) is 25.1 Å². The Hall–Kier alpha value is -2.95. The Bertz CT molecular complexity index is 740. The van der Waals surface area contributed by atoms with Crippen LogP contribution < -0.4 is 4.74 Å². The first-order valence-corrected chi connectivity index (χ1v) is 9.52. The number of hydrogen-bond donors (Lipinski definition) is 0. The summed E-state index contributed by atoms with van der Waals surface area (Å²) in [5, 5.41) is 0. The van der Waals surface area contributed by atoms with Gasteiger partial charge in [-0.15, -0.1) is 0 Å². The van der Waals surface area contributed by atoms with Gasteiger partial charge in [-0.2, -0.15) is 0 Å². The van der Waals surface area contributed by atoms with Gasteiger partial charge in [-0.1, -0.05) is 56.3 Å². The molecule has 0 radical (unpaired) electrons. The highest BCUT2D eigenvalue weighted by atomic mass is 16.5. The van der Waals surface area contributed by atoms with Crippen LogP contribution in [0, 0.1) is 5.92 Å². The second-order valence-corrected chi connectivity index (χ2v) is 5.77. The second-order valence-electron chi connectivity index (χ2n) is 5.77. The quantitative estimate of drug-likeness (QED) is 0.349. The average molecular weight is 384 g/mol.